The summed E-state index contributed by atoms with van der Waals surface area (Å²) in [5.41, 5.74) is 0. The lowest BCUT2D eigenvalue weighted by molar-refractivity contribution is -0.108. The standard InChI is InChI=1S/C9H13NO2/c1-2-3-8(4-6-11)9-10-5-7-12-9/h5-8H,2-4H2,1H3. The smallest absolute Gasteiger partial charge is 0.197 e. The fourth-order valence-corrected chi connectivity index (χ4v) is 1.24. The maximum absolute atomic E-state index is 10.3. The first-order valence-corrected chi connectivity index (χ1v) is 4.21. The lowest BCUT2D eigenvalue weighted by atomic mass is 10.0. The van der Waals surface area contributed by atoms with Gasteiger partial charge in [-0.25, -0.2) is 4.98 Å². The molecular formula is C9H13NO2. The Kier molecular flexibility index (Phi) is 3.51. The molecule has 0 N–H and O–H groups in total. The van der Waals surface area contributed by atoms with Gasteiger partial charge in [0, 0.05) is 12.3 Å². The second-order valence-corrected chi connectivity index (χ2v) is 2.76. The highest BCUT2D eigenvalue weighted by Gasteiger charge is 2.13. The number of aldehydes is 1. The fourth-order valence-electron chi connectivity index (χ4n) is 1.24. The first-order chi connectivity index (χ1) is 5.88. The number of aromatic nitrogens is 1. The Bertz CT molecular complexity index is 218. The summed E-state index contributed by atoms with van der Waals surface area (Å²) in [7, 11) is 0. The Hall–Kier alpha value is -1.12. The number of rotatable bonds is 5. The van der Waals surface area contributed by atoms with Gasteiger partial charge in [0.15, 0.2) is 5.89 Å². The molecule has 1 aromatic heterocycles. The van der Waals surface area contributed by atoms with Crippen molar-refractivity contribution < 1.29 is 9.21 Å². The molecule has 0 radical (unpaired) electrons. The quantitative estimate of drug-likeness (QED) is 0.631. The van der Waals surface area contributed by atoms with E-state index in [0.29, 0.717) is 12.3 Å². The molecule has 0 aliphatic carbocycles. The van der Waals surface area contributed by atoms with Gasteiger partial charge >= 0.3 is 0 Å². The Morgan fingerprint density at radius 3 is 3.08 bits per heavy atom. The van der Waals surface area contributed by atoms with Crippen molar-refractivity contribution in [3.05, 3.63) is 18.4 Å². The predicted octanol–water partition coefficient (Wildman–Crippen LogP) is 2.15. The van der Waals surface area contributed by atoms with Crippen molar-refractivity contribution in [3.63, 3.8) is 0 Å². The normalized spacial score (nSPS) is 12.8. The first-order valence-electron chi connectivity index (χ1n) is 4.21. The minimum atomic E-state index is 0.169. The summed E-state index contributed by atoms with van der Waals surface area (Å²) in [5.74, 6) is 0.853. The van der Waals surface area contributed by atoms with E-state index >= 15 is 0 Å². The number of oxazole rings is 1. The van der Waals surface area contributed by atoms with Crippen LogP contribution in [0.2, 0.25) is 0 Å². The third-order valence-corrected chi connectivity index (χ3v) is 1.82. The van der Waals surface area contributed by atoms with Crippen LogP contribution in [0.3, 0.4) is 0 Å². The van der Waals surface area contributed by atoms with Gasteiger partial charge < -0.3 is 9.21 Å². The van der Waals surface area contributed by atoms with E-state index in [0.717, 1.165) is 19.1 Å². The van der Waals surface area contributed by atoms with E-state index in [2.05, 4.69) is 11.9 Å². The molecule has 0 saturated heterocycles. The summed E-state index contributed by atoms with van der Waals surface area (Å²) in [5, 5.41) is 0. The molecule has 66 valence electrons. The van der Waals surface area contributed by atoms with E-state index in [1.54, 1.807) is 12.5 Å². The predicted molar refractivity (Wildman–Crippen MR) is 44.8 cm³/mol. The van der Waals surface area contributed by atoms with Crippen LogP contribution in [-0.2, 0) is 4.79 Å². The Balaban J connectivity index is 2.59. The number of carbonyl (C=O) groups is 1. The topological polar surface area (TPSA) is 43.1 Å². The largest absolute Gasteiger partial charge is 0.449 e. The molecule has 0 fully saturated rings. The van der Waals surface area contributed by atoms with Gasteiger partial charge in [-0.2, -0.15) is 0 Å². The molecule has 1 aromatic rings. The zero-order valence-corrected chi connectivity index (χ0v) is 7.19. The number of carbonyl (C=O) groups excluding carboxylic acids is 1. The molecule has 0 aromatic carbocycles. The van der Waals surface area contributed by atoms with E-state index in [4.69, 9.17) is 4.42 Å². The van der Waals surface area contributed by atoms with Crippen LogP contribution in [0.4, 0.5) is 0 Å². The average molecular weight is 167 g/mol. The van der Waals surface area contributed by atoms with Gasteiger partial charge in [0.2, 0.25) is 0 Å². The lowest BCUT2D eigenvalue weighted by Gasteiger charge is -2.06. The van der Waals surface area contributed by atoms with Crippen LogP contribution < -0.4 is 0 Å². The first kappa shape index (κ1) is 8.97. The highest BCUT2D eigenvalue weighted by molar-refractivity contribution is 5.50. The van der Waals surface area contributed by atoms with Crippen molar-refractivity contribution in [2.75, 3.05) is 0 Å². The third kappa shape index (κ3) is 2.19. The molecule has 0 aliphatic rings. The molecule has 0 amide bonds. The molecule has 3 nitrogen and oxygen atoms in total. The van der Waals surface area contributed by atoms with Gasteiger partial charge in [0.1, 0.15) is 12.5 Å². The van der Waals surface area contributed by atoms with Gasteiger partial charge in [0.05, 0.1) is 6.20 Å². The number of hydrogen-bond acceptors (Lipinski definition) is 3. The Morgan fingerprint density at radius 1 is 1.75 bits per heavy atom. The molecule has 3 heteroatoms. The highest BCUT2D eigenvalue weighted by atomic mass is 16.3. The van der Waals surface area contributed by atoms with Crippen LogP contribution in [0, 0.1) is 0 Å². The highest BCUT2D eigenvalue weighted by Crippen LogP contribution is 2.21. The molecule has 0 spiro atoms. The third-order valence-electron chi connectivity index (χ3n) is 1.82. The van der Waals surface area contributed by atoms with Gasteiger partial charge in [-0.15, -0.1) is 0 Å². The van der Waals surface area contributed by atoms with Crippen molar-refractivity contribution in [1.29, 1.82) is 0 Å². The zero-order chi connectivity index (χ0) is 8.81. The average Bonchev–Trinajstić information content (AvgIpc) is 2.56. The minimum Gasteiger partial charge on any atom is -0.449 e. The van der Waals surface area contributed by atoms with Crippen molar-refractivity contribution in [1.82, 2.24) is 4.98 Å². The van der Waals surface area contributed by atoms with E-state index in [-0.39, 0.29) is 5.92 Å². The summed E-state index contributed by atoms with van der Waals surface area (Å²) < 4.78 is 5.13. The molecule has 0 bridgehead atoms. The summed E-state index contributed by atoms with van der Waals surface area (Å²) in [4.78, 5) is 14.3. The van der Waals surface area contributed by atoms with Crippen LogP contribution in [-0.4, -0.2) is 11.3 Å². The van der Waals surface area contributed by atoms with E-state index in [1.807, 2.05) is 0 Å². The van der Waals surface area contributed by atoms with Crippen LogP contribution in [0.15, 0.2) is 16.9 Å². The van der Waals surface area contributed by atoms with E-state index in [9.17, 15) is 4.79 Å². The maximum atomic E-state index is 10.3. The van der Waals surface area contributed by atoms with E-state index in [1.165, 1.54) is 0 Å². The molecule has 0 saturated carbocycles. The molecular weight excluding hydrogens is 154 g/mol. The van der Waals surface area contributed by atoms with Gasteiger partial charge in [-0.05, 0) is 6.42 Å². The van der Waals surface area contributed by atoms with Gasteiger partial charge in [-0.1, -0.05) is 13.3 Å². The van der Waals surface area contributed by atoms with Gasteiger partial charge in [-0.3, -0.25) is 0 Å². The lowest BCUT2D eigenvalue weighted by Crippen LogP contribution is -1.99. The summed E-state index contributed by atoms with van der Waals surface area (Å²) in [6, 6.07) is 0. The second-order valence-electron chi connectivity index (χ2n) is 2.76. The van der Waals surface area contributed by atoms with E-state index < -0.39 is 0 Å². The summed E-state index contributed by atoms with van der Waals surface area (Å²) in [6.07, 6.45) is 6.59. The number of nitrogens with zero attached hydrogens (tertiary/aromatic N) is 1. The maximum Gasteiger partial charge on any atom is 0.197 e. The van der Waals surface area contributed by atoms with Crippen LogP contribution in [0.5, 0.6) is 0 Å². The van der Waals surface area contributed by atoms with Crippen molar-refractivity contribution in [2.24, 2.45) is 0 Å². The van der Waals surface area contributed by atoms with Gasteiger partial charge in [0.25, 0.3) is 0 Å². The Labute approximate surface area is 71.8 Å². The molecule has 1 atom stereocenters. The Morgan fingerprint density at radius 2 is 2.58 bits per heavy atom. The zero-order valence-electron chi connectivity index (χ0n) is 7.19. The van der Waals surface area contributed by atoms with Crippen molar-refractivity contribution in [3.8, 4) is 0 Å². The molecule has 12 heavy (non-hydrogen) atoms. The summed E-state index contributed by atoms with van der Waals surface area (Å²) in [6.45, 7) is 2.08. The molecule has 1 rings (SSSR count). The SMILES string of the molecule is CCCC(CC=O)c1ncco1. The second kappa shape index (κ2) is 4.70. The van der Waals surface area contributed by atoms with Crippen LogP contribution in [0.1, 0.15) is 38.0 Å². The fraction of sp³-hybridized carbons (Fsp3) is 0.556. The van der Waals surface area contributed by atoms with Crippen molar-refractivity contribution in [2.45, 2.75) is 32.1 Å². The monoisotopic (exact) mass is 167 g/mol. The minimum absolute atomic E-state index is 0.169. The molecule has 1 heterocycles. The van der Waals surface area contributed by atoms with Crippen LogP contribution in [0.25, 0.3) is 0 Å². The van der Waals surface area contributed by atoms with Crippen LogP contribution >= 0.6 is 0 Å². The number of hydrogen-bond donors (Lipinski definition) is 0. The molecule has 1 unspecified atom stereocenters. The molecule has 0 aliphatic heterocycles. The van der Waals surface area contributed by atoms with Crippen molar-refractivity contribution >= 4 is 6.29 Å². The summed E-state index contributed by atoms with van der Waals surface area (Å²) >= 11 is 0.